The molecular weight excluding hydrogens is 397 g/mol. The van der Waals surface area contributed by atoms with E-state index in [-0.39, 0.29) is 9.93 Å². The predicted molar refractivity (Wildman–Crippen MR) is 104 cm³/mol. The Balaban J connectivity index is 1.96. The van der Waals surface area contributed by atoms with Crippen molar-refractivity contribution < 1.29 is 19.1 Å². The van der Waals surface area contributed by atoms with Gasteiger partial charge in [0.1, 0.15) is 11.5 Å². The Morgan fingerprint density at radius 1 is 1.00 bits per heavy atom. The van der Waals surface area contributed by atoms with Crippen LogP contribution in [0.15, 0.2) is 41.3 Å². The lowest BCUT2D eigenvalue weighted by atomic mass is 10.1. The number of ether oxygens (including phenoxy) is 2. The summed E-state index contributed by atoms with van der Waals surface area (Å²) in [7, 11) is 3.07. The third-order valence-electron chi connectivity index (χ3n) is 3.68. The van der Waals surface area contributed by atoms with Gasteiger partial charge in [0, 0.05) is 11.6 Å². The van der Waals surface area contributed by atoms with Gasteiger partial charge in [-0.2, -0.15) is 0 Å². The zero-order valence-corrected chi connectivity index (χ0v) is 16.1. The SMILES string of the molecule is COc1ccc(/C=C2\SC(=O)N(c3ccc(Cl)c(Cl)c3)C2=O)c(OC)c1. The molecule has 0 spiro atoms. The first-order valence-electron chi connectivity index (χ1n) is 7.39. The molecule has 1 heterocycles. The highest BCUT2D eigenvalue weighted by Crippen LogP contribution is 2.38. The van der Waals surface area contributed by atoms with Crippen LogP contribution in [-0.2, 0) is 4.79 Å². The lowest BCUT2D eigenvalue weighted by Crippen LogP contribution is -2.27. The topological polar surface area (TPSA) is 55.8 Å². The largest absolute Gasteiger partial charge is 0.497 e. The normalized spacial score (nSPS) is 15.7. The summed E-state index contributed by atoms with van der Waals surface area (Å²) in [5, 5.41) is 0.206. The number of nitrogens with zero attached hydrogens (tertiary/aromatic N) is 1. The molecule has 0 aromatic heterocycles. The van der Waals surface area contributed by atoms with E-state index in [0.29, 0.717) is 27.8 Å². The standard InChI is InChI=1S/C18H13Cl2NO4S/c1-24-12-5-3-10(15(9-12)25-2)7-16-17(22)21(18(23)26-16)11-4-6-13(19)14(20)8-11/h3-9H,1-2H3/b16-7-. The number of anilines is 1. The Labute approximate surface area is 164 Å². The van der Waals surface area contributed by atoms with Crippen molar-refractivity contribution in [2.45, 2.75) is 0 Å². The molecule has 2 amide bonds. The molecular formula is C18H13Cl2NO4S. The summed E-state index contributed by atoms with van der Waals surface area (Å²) >= 11 is 12.7. The van der Waals surface area contributed by atoms with Crippen molar-refractivity contribution in [1.29, 1.82) is 0 Å². The molecule has 0 radical (unpaired) electrons. The van der Waals surface area contributed by atoms with Crippen LogP contribution in [-0.4, -0.2) is 25.4 Å². The van der Waals surface area contributed by atoms with Crippen molar-refractivity contribution >= 4 is 57.9 Å². The number of methoxy groups -OCH3 is 2. The van der Waals surface area contributed by atoms with Gasteiger partial charge in [-0.3, -0.25) is 9.59 Å². The lowest BCUT2D eigenvalue weighted by molar-refractivity contribution is -0.113. The Morgan fingerprint density at radius 2 is 1.77 bits per heavy atom. The molecule has 1 aliphatic heterocycles. The molecule has 1 fully saturated rings. The van der Waals surface area contributed by atoms with E-state index in [4.69, 9.17) is 32.7 Å². The highest BCUT2D eigenvalue weighted by molar-refractivity contribution is 8.19. The summed E-state index contributed by atoms with van der Waals surface area (Å²) in [6.07, 6.45) is 1.61. The number of benzene rings is 2. The summed E-state index contributed by atoms with van der Waals surface area (Å²) < 4.78 is 10.5. The lowest BCUT2D eigenvalue weighted by Gasteiger charge is -2.13. The fourth-order valence-electron chi connectivity index (χ4n) is 2.39. The maximum atomic E-state index is 12.7. The van der Waals surface area contributed by atoms with E-state index < -0.39 is 11.1 Å². The van der Waals surface area contributed by atoms with Crippen LogP contribution in [0.3, 0.4) is 0 Å². The summed E-state index contributed by atoms with van der Waals surface area (Å²) in [5.74, 6) is 0.727. The van der Waals surface area contributed by atoms with Crippen LogP contribution in [0.2, 0.25) is 10.0 Å². The van der Waals surface area contributed by atoms with Gasteiger partial charge in [-0.1, -0.05) is 23.2 Å². The molecule has 0 unspecified atom stereocenters. The molecule has 0 bridgehead atoms. The number of carbonyl (C=O) groups is 2. The van der Waals surface area contributed by atoms with Crippen molar-refractivity contribution in [2.75, 3.05) is 19.1 Å². The number of halogens is 2. The minimum Gasteiger partial charge on any atom is -0.497 e. The number of imide groups is 1. The van der Waals surface area contributed by atoms with E-state index in [9.17, 15) is 9.59 Å². The minimum absolute atomic E-state index is 0.268. The molecule has 0 atom stereocenters. The minimum atomic E-state index is -0.434. The highest BCUT2D eigenvalue weighted by Gasteiger charge is 2.36. The van der Waals surface area contributed by atoms with E-state index in [1.165, 1.54) is 13.2 Å². The van der Waals surface area contributed by atoms with E-state index in [0.717, 1.165) is 16.7 Å². The second-order valence-electron chi connectivity index (χ2n) is 5.22. The van der Waals surface area contributed by atoms with Crippen molar-refractivity contribution in [3.63, 3.8) is 0 Å². The fraction of sp³-hybridized carbons (Fsp3) is 0.111. The number of rotatable bonds is 4. The highest BCUT2D eigenvalue weighted by atomic mass is 35.5. The molecule has 2 aromatic rings. The Morgan fingerprint density at radius 3 is 2.42 bits per heavy atom. The third-order valence-corrected chi connectivity index (χ3v) is 5.29. The van der Waals surface area contributed by atoms with Gasteiger partial charge in [0.25, 0.3) is 11.1 Å². The molecule has 1 aliphatic rings. The smallest absolute Gasteiger partial charge is 0.298 e. The molecule has 0 aliphatic carbocycles. The molecule has 8 heteroatoms. The van der Waals surface area contributed by atoms with E-state index in [1.807, 2.05) is 0 Å². The third kappa shape index (κ3) is 3.53. The molecule has 3 rings (SSSR count). The van der Waals surface area contributed by atoms with Gasteiger partial charge in [-0.25, -0.2) is 4.90 Å². The first-order chi connectivity index (χ1) is 12.4. The summed E-state index contributed by atoms with van der Waals surface area (Å²) in [6.45, 7) is 0. The monoisotopic (exact) mass is 409 g/mol. The zero-order chi connectivity index (χ0) is 18.8. The second kappa shape index (κ2) is 7.61. The molecule has 2 aromatic carbocycles. The number of carbonyl (C=O) groups excluding carboxylic acids is 2. The second-order valence-corrected chi connectivity index (χ2v) is 7.03. The van der Waals surface area contributed by atoms with Gasteiger partial charge in [0.05, 0.1) is 34.9 Å². The number of thioether (sulfide) groups is 1. The zero-order valence-electron chi connectivity index (χ0n) is 13.8. The van der Waals surface area contributed by atoms with Gasteiger partial charge >= 0.3 is 0 Å². The van der Waals surface area contributed by atoms with Crippen LogP contribution in [0.5, 0.6) is 11.5 Å². The quantitative estimate of drug-likeness (QED) is 0.645. The van der Waals surface area contributed by atoms with E-state index >= 15 is 0 Å². The summed E-state index contributed by atoms with van der Waals surface area (Å²) in [4.78, 5) is 26.4. The predicted octanol–water partition coefficient (Wildman–Crippen LogP) is 5.25. The Kier molecular flexibility index (Phi) is 5.46. The van der Waals surface area contributed by atoms with Crippen molar-refractivity contribution in [2.24, 2.45) is 0 Å². The van der Waals surface area contributed by atoms with Gasteiger partial charge in [0.2, 0.25) is 0 Å². The molecule has 5 nitrogen and oxygen atoms in total. The van der Waals surface area contributed by atoms with Gasteiger partial charge in [-0.15, -0.1) is 0 Å². The average Bonchev–Trinajstić information content (AvgIpc) is 2.91. The van der Waals surface area contributed by atoms with Crippen LogP contribution in [0.4, 0.5) is 10.5 Å². The first-order valence-corrected chi connectivity index (χ1v) is 8.97. The maximum absolute atomic E-state index is 12.7. The van der Waals surface area contributed by atoms with E-state index in [1.54, 1.807) is 43.5 Å². The van der Waals surface area contributed by atoms with Crippen LogP contribution < -0.4 is 14.4 Å². The Hall–Kier alpha value is -2.15. The van der Waals surface area contributed by atoms with Crippen LogP contribution >= 0.6 is 35.0 Å². The molecule has 0 saturated carbocycles. The van der Waals surface area contributed by atoms with Gasteiger partial charge < -0.3 is 9.47 Å². The summed E-state index contributed by atoms with van der Waals surface area (Å²) in [5.41, 5.74) is 1.03. The molecule has 1 saturated heterocycles. The van der Waals surface area contributed by atoms with Crippen LogP contribution in [0, 0.1) is 0 Å². The maximum Gasteiger partial charge on any atom is 0.298 e. The molecule has 134 valence electrons. The van der Waals surface area contributed by atoms with Crippen LogP contribution in [0.1, 0.15) is 5.56 Å². The van der Waals surface area contributed by atoms with E-state index in [2.05, 4.69) is 0 Å². The number of hydrogen-bond donors (Lipinski definition) is 0. The first kappa shape index (κ1) is 18.6. The van der Waals surface area contributed by atoms with Gasteiger partial charge in [0.15, 0.2) is 0 Å². The van der Waals surface area contributed by atoms with Crippen molar-refractivity contribution in [1.82, 2.24) is 0 Å². The molecule has 26 heavy (non-hydrogen) atoms. The van der Waals surface area contributed by atoms with Crippen molar-refractivity contribution in [3.8, 4) is 11.5 Å². The number of amides is 2. The fourth-order valence-corrected chi connectivity index (χ4v) is 3.52. The van der Waals surface area contributed by atoms with Gasteiger partial charge in [-0.05, 0) is 48.2 Å². The summed E-state index contributed by atoms with van der Waals surface area (Å²) in [6, 6.07) is 9.80. The average molecular weight is 410 g/mol. The Bertz CT molecular complexity index is 929. The number of hydrogen-bond acceptors (Lipinski definition) is 5. The molecule has 0 N–H and O–H groups in total. The van der Waals surface area contributed by atoms with Crippen LogP contribution in [0.25, 0.3) is 6.08 Å². The van der Waals surface area contributed by atoms with Crippen molar-refractivity contribution in [3.05, 3.63) is 56.9 Å².